The molecule has 0 aliphatic carbocycles. The lowest BCUT2D eigenvalue weighted by molar-refractivity contribution is -0.149. The lowest BCUT2D eigenvalue weighted by Crippen LogP contribution is -2.26. The number of hydrogen-bond donors (Lipinski definition) is 1. The maximum absolute atomic E-state index is 11.2. The van der Waals surface area contributed by atoms with Crippen LogP contribution < -0.4 is 4.74 Å². The third kappa shape index (κ3) is 5.77. The molecule has 1 atom stereocenters. The molecule has 0 fully saturated rings. The Morgan fingerprint density at radius 1 is 1.13 bits per heavy atom. The summed E-state index contributed by atoms with van der Waals surface area (Å²) in [5.74, 6) is -0.322. The topological polar surface area (TPSA) is 90.2 Å². The Hall–Kier alpha value is -2.97. The van der Waals surface area contributed by atoms with Gasteiger partial charge in [0.25, 0.3) is 0 Å². The van der Waals surface area contributed by atoms with Gasteiger partial charge in [0, 0.05) is 13.0 Å². The summed E-state index contributed by atoms with van der Waals surface area (Å²) in [4.78, 5) is 21.1. The van der Waals surface area contributed by atoms with E-state index in [9.17, 15) is 9.90 Å². The van der Waals surface area contributed by atoms with Gasteiger partial charge in [0.15, 0.2) is 11.8 Å². The third-order valence-corrected chi connectivity index (χ3v) is 5.29. The Morgan fingerprint density at radius 3 is 2.57 bits per heavy atom. The fourth-order valence-corrected chi connectivity index (χ4v) is 3.70. The van der Waals surface area contributed by atoms with Gasteiger partial charge in [-0.1, -0.05) is 29.4 Å². The molecule has 2 aromatic carbocycles. The van der Waals surface area contributed by atoms with Gasteiger partial charge in [-0.25, -0.2) is 9.78 Å². The van der Waals surface area contributed by atoms with Crippen molar-refractivity contribution in [1.82, 2.24) is 4.98 Å². The molecule has 1 heterocycles. The molecule has 30 heavy (non-hydrogen) atoms. The first-order valence-corrected chi connectivity index (χ1v) is 10.5. The molecule has 0 saturated carbocycles. The van der Waals surface area contributed by atoms with Gasteiger partial charge in [0.2, 0.25) is 0 Å². The minimum Gasteiger partial charge on any atom is -0.487 e. The van der Waals surface area contributed by atoms with Gasteiger partial charge in [-0.3, -0.25) is 0 Å². The smallest absolute Gasteiger partial charge is 0.333 e. The maximum Gasteiger partial charge on any atom is 0.333 e. The Balaban J connectivity index is 1.67. The number of nitrogens with zero attached hydrogens (tertiary/aromatic N) is 2. The maximum atomic E-state index is 11.2. The van der Waals surface area contributed by atoms with Crippen molar-refractivity contribution in [2.24, 2.45) is 5.16 Å². The van der Waals surface area contributed by atoms with Crippen LogP contribution in [0.4, 0.5) is 0 Å². The van der Waals surface area contributed by atoms with Gasteiger partial charge < -0.3 is 19.4 Å². The lowest BCUT2D eigenvalue weighted by atomic mass is 10.1. The van der Waals surface area contributed by atoms with Gasteiger partial charge >= 0.3 is 5.97 Å². The summed E-state index contributed by atoms with van der Waals surface area (Å²) in [7, 11) is 0. The number of para-hydroxylation sites is 1. The number of oxime groups is 1. The number of rotatable bonds is 11. The highest BCUT2D eigenvalue weighted by Gasteiger charge is 2.18. The van der Waals surface area contributed by atoms with Crippen LogP contribution in [0.3, 0.4) is 0 Å². The number of thiazole rings is 1. The minimum absolute atomic E-state index is 0.204. The molecule has 1 aromatic heterocycles. The van der Waals surface area contributed by atoms with Crippen molar-refractivity contribution in [3.05, 3.63) is 59.1 Å². The quantitative estimate of drug-likeness (QED) is 0.365. The third-order valence-electron chi connectivity index (χ3n) is 4.21. The molecular formula is C22H24N2O5S. The van der Waals surface area contributed by atoms with Gasteiger partial charge in [-0.15, -0.1) is 11.3 Å². The molecule has 0 saturated heterocycles. The second-order valence-electron chi connectivity index (χ2n) is 6.36. The van der Waals surface area contributed by atoms with Crippen molar-refractivity contribution in [2.75, 3.05) is 19.8 Å². The molecule has 3 rings (SSSR count). The summed E-state index contributed by atoms with van der Waals surface area (Å²) in [5, 5.41) is 14.1. The minimum atomic E-state index is -0.968. The number of fused-ring (bicyclic) bond motifs is 1. The van der Waals surface area contributed by atoms with Crippen LogP contribution in [0, 0.1) is 0 Å². The molecule has 0 amide bonds. The molecule has 1 N–H and O–H groups in total. The summed E-state index contributed by atoms with van der Waals surface area (Å²) < 4.78 is 12.2. The number of hydrogen-bond acceptors (Lipinski definition) is 7. The van der Waals surface area contributed by atoms with E-state index >= 15 is 0 Å². The zero-order chi connectivity index (χ0) is 21.3. The summed E-state index contributed by atoms with van der Waals surface area (Å²) >= 11 is 1.54. The van der Waals surface area contributed by atoms with E-state index < -0.39 is 12.1 Å². The summed E-state index contributed by atoms with van der Waals surface area (Å²) in [6, 6.07) is 15.2. The number of aliphatic carboxylic acids is 1. The highest BCUT2D eigenvalue weighted by molar-refractivity contribution is 7.20. The Kier molecular flexibility index (Phi) is 7.75. The Bertz CT molecular complexity index is 967. The van der Waals surface area contributed by atoms with Crippen LogP contribution in [0.5, 0.6) is 5.75 Å². The normalized spacial score (nSPS) is 12.7. The predicted molar refractivity (Wildman–Crippen MR) is 116 cm³/mol. The first-order valence-electron chi connectivity index (χ1n) is 9.71. The van der Waals surface area contributed by atoms with Gasteiger partial charge in [-0.2, -0.15) is 0 Å². The van der Waals surface area contributed by atoms with Gasteiger partial charge in [0.05, 0.1) is 10.2 Å². The van der Waals surface area contributed by atoms with Gasteiger partial charge in [-0.05, 0) is 43.7 Å². The molecule has 158 valence electrons. The predicted octanol–water partition coefficient (Wildman–Crippen LogP) is 4.15. The van der Waals surface area contributed by atoms with Crippen molar-refractivity contribution in [2.45, 2.75) is 26.4 Å². The molecule has 8 heteroatoms. The van der Waals surface area contributed by atoms with E-state index in [1.165, 1.54) is 11.3 Å². The fraction of sp³-hybridized carbons (Fsp3) is 0.318. The van der Waals surface area contributed by atoms with E-state index in [1.807, 2.05) is 43.3 Å². The SMILES string of the molecule is CCON=C(COc1ccc(CC(OCC)C(=O)O)cc1)c1nc2ccccc2s1. The van der Waals surface area contributed by atoms with Crippen LogP contribution in [-0.4, -0.2) is 47.7 Å². The second-order valence-corrected chi connectivity index (χ2v) is 7.39. The van der Waals surface area contributed by atoms with Crippen molar-refractivity contribution in [1.29, 1.82) is 0 Å². The summed E-state index contributed by atoms with van der Waals surface area (Å²) in [6.07, 6.45) is -0.558. The average molecular weight is 429 g/mol. The molecule has 0 aliphatic rings. The first-order chi connectivity index (χ1) is 14.6. The van der Waals surface area contributed by atoms with Crippen molar-refractivity contribution >= 4 is 33.2 Å². The zero-order valence-electron chi connectivity index (χ0n) is 16.9. The molecule has 0 radical (unpaired) electrons. The zero-order valence-corrected chi connectivity index (χ0v) is 17.7. The fourth-order valence-electron chi connectivity index (χ4n) is 2.77. The van der Waals surface area contributed by atoms with Crippen molar-refractivity contribution in [3.8, 4) is 5.75 Å². The molecular weight excluding hydrogens is 404 g/mol. The Morgan fingerprint density at radius 2 is 1.90 bits per heavy atom. The molecule has 7 nitrogen and oxygen atoms in total. The number of carboxylic acids is 1. The van der Waals surface area contributed by atoms with E-state index in [2.05, 4.69) is 10.1 Å². The highest BCUT2D eigenvalue weighted by Crippen LogP contribution is 2.23. The van der Waals surface area contributed by atoms with E-state index in [4.69, 9.17) is 14.3 Å². The monoisotopic (exact) mass is 428 g/mol. The molecule has 1 unspecified atom stereocenters. The van der Waals surface area contributed by atoms with Crippen molar-refractivity contribution < 1.29 is 24.2 Å². The number of ether oxygens (including phenoxy) is 2. The molecule has 3 aromatic rings. The van der Waals surface area contributed by atoms with Crippen LogP contribution in [-0.2, 0) is 20.8 Å². The van der Waals surface area contributed by atoms with Gasteiger partial charge in [0.1, 0.15) is 24.0 Å². The second kappa shape index (κ2) is 10.7. The van der Waals surface area contributed by atoms with E-state index in [0.29, 0.717) is 31.1 Å². The van der Waals surface area contributed by atoms with Crippen LogP contribution in [0.2, 0.25) is 0 Å². The summed E-state index contributed by atoms with van der Waals surface area (Å²) in [6.45, 7) is 4.65. The van der Waals surface area contributed by atoms with Crippen LogP contribution >= 0.6 is 11.3 Å². The van der Waals surface area contributed by atoms with E-state index in [0.717, 1.165) is 20.8 Å². The number of carbonyl (C=O) groups is 1. The number of carboxylic acid groups (broad SMARTS) is 1. The van der Waals surface area contributed by atoms with E-state index in [1.54, 1.807) is 19.1 Å². The molecule has 0 bridgehead atoms. The van der Waals surface area contributed by atoms with Crippen molar-refractivity contribution in [3.63, 3.8) is 0 Å². The lowest BCUT2D eigenvalue weighted by Gasteiger charge is -2.13. The van der Waals surface area contributed by atoms with Crippen LogP contribution in [0.15, 0.2) is 53.7 Å². The first kappa shape index (κ1) is 21.7. The van der Waals surface area contributed by atoms with Crippen LogP contribution in [0.1, 0.15) is 24.4 Å². The van der Waals surface area contributed by atoms with Crippen LogP contribution in [0.25, 0.3) is 10.2 Å². The highest BCUT2D eigenvalue weighted by atomic mass is 32.1. The molecule has 0 spiro atoms. The number of benzene rings is 2. The number of aromatic nitrogens is 1. The summed E-state index contributed by atoms with van der Waals surface area (Å²) in [5.41, 5.74) is 2.38. The van der Waals surface area contributed by atoms with E-state index in [-0.39, 0.29) is 6.61 Å². The Labute approximate surface area is 178 Å². The largest absolute Gasteiger partial charge is 0.487 e. The average Bonchev–Trinajstić information content (AvgIpc) is 3.18. The standard InChI is InChI=1S/C22H24N2O5S/c1-3-27-19(22(25)26)13-15-9-11-16(12-10-15)28-14-18(24-29-4-2)21-23-17-7-5-6-8-20(17)30-21/h5-12,19H,3-4,13-14H2,1-2H3,(H,25,26). The molecule has 0 aliphatic heterocycles.